The second-order valence-electron chi connectivity index (χ2n) is 9.98. The van der Waals surface area contributed by atoms with Crippen LogP contribution in [0.15, 0.2) is 6.07 Å². The summed E-state index contributed by atoms with van der Waals surface area (Å²) in [6, 6.07) is 2.48. The second kappa shape index (κ2) is 6.08. The van der Waals surface area contributed by atoms with Crippen LogP contribution in [0, 0.1) is 5.41 Å². The topological polar surface area (TPSA) is 69.3 Å². The van der Waals surface area contributed by atoms with Gasteiger partial charge in [0.05, 0.1) is 6.04 Å². The summed E-state index contributed by atoms with van der Waals surface area (Å²) in [6.07, 6.45) is 5.34. The number of nitrogens with one attached hydrogen (secondary N) is 1. The molecule has 4 rings (SSSR count). The van der Waals surface area contributed by atoms with E-state index in [9.17, 15) is 9.59 Å². The number of nitrogens with zero attached hydrogens (tertiary/aromatic N) is 3. The number of amides is 2. The van der Waals surface area contributed by atoms with E-state index in [4.69, 9.17) is 0 Å². The summed E-state index contributed by atoms with van der Waals surface area (Å²) in [5.41, 5.74) is 1.39. The van der Waals surface area contributed by atoms with Crippen molar-refractivity contribution >= 4 is 11.8 Å². The number of carbonyl (C=O) groups excluding carboxylic acids is 2. The number of fused-ring (bicyclic) bond motifs is 1. The predicted octanol–water partition coefficient (Wildman–Crippen LogP) is 3.10. The highest BCUT2D eigenvalue weighted by Gasteiger charge is 2.60. The Kier molecular flexibility index (Phi) is 4.17. The van der Waals surface area contributed by atoms with Crippen molar-refractivity contribution in [3.63, 3.8) is 0 Å². The van der Waals surface area contributed by atoms with Gasteiger partial charge in [-0.25, -0.2) is 0 Å². The van der Waals surface area contributed by atoms with Gasteiger partial charge < -0.3 is 9.80 Å². The fourth-order valence-corrected chi connectivity index (χ4v) is 5.83. The number of rotatable bonds is 1. The number of H-pyrrole nitrogens is 1. The lowest BCUT2D eigenvalue weighted by Gasteiger charge is -2.46. The second-order valence-corrected chi connectivity index (χ2v) is 9.98. The molecule has 0 radical (unpaired) electrons. The van der Waals surface area contributed by atoms with Crippen LogP contribution in [0.2, 0.25) is 0 Å². The molecule has 2 aliphatic heterocycles. The van der Waals surface area contributed by atoms with Gasteiger partial charge in [0, 0.05) is 42.1 Å². The average Bonchev–Trinajstić information content (AvgIpc) is 3.11. The summed E-state index contributed by atoms with van der Waals surface area (Å²) >= 11 is 0. The van der Waals surface area contributed by atoms with Gasteiger partial charge in [0.1, 0.15) is 5.69 Å². The lowest BCUT2D eigenvalue weighted by Crippen LogP contribution is -2.55. The first-order valence-electron chi connectivity index (χ1n) is 10.3. The van der Waals surface area contributed by atoms with Crippen molar-refractivity contribution in [3.05, 3.63) is 17.5 Å². The minimum Gasteiger partial charge on any atom is -0.335 e. The molecular weight excluding hydrogens is 340 g/mol. The molecule has 0 aromatic carbocycles. The smallest absolute Gasteiger partial charge is 0.274 e. The quantitative estimate of drug-likeness (QED) is 0.823. The van der Waals surface area contributed by atoms with E-state index in [0.717, 1.165) is 37.8 Å². The summed E-state index contributed by atoms with van der Waals surface area (Å²) in [7, 11) is 0. The van der Waals surface area contributed by atoms with Crippen molar-refractivity contribution in [2.45, 2.75) is 90.3 Å². The van der Waals surface area contributed by atoms with Gasteiger partial charge in [0.15, 0.2) is 0 Å². The van der Waals surface area contributed by atoms with Crippen molar-refractivity contribution in [2.24, 2.45) is 5.41 Å². The van der Waals surface area contributed by atoms with Crippen LogP contribution in [0.25, 0.3) is 0 Å². The van der Waals surface area contributed by atoms with Crippen molar-refractivity contribution in [2.75, 3.05) is 6.54 Å². The molecule has 27 heavy (non-hydrogen) atoms. The fraction of sp³-hybridized carbons (Fsp3) is 0.762. The highest BCUT2D eigenvalue weighted by atomic mass is 16.2. The Hall–Kier alpha value is -1.85. The Bertz CT molecular complexity index is 764. The molecule has 2 bridgehead atoms. The van der Waals surface area contributed by atoms with E-state index in [2.05, 4.69) is 42.8 Å². The number of carbonyl (C=O) groups is 2. The molecule has 3 aliphatic rings. The van der Waals surface area contributed by atoms with Gasteiger partial charge in [-0.05, 0) is 25.3 Å². The van der Waals surface area contributed by atoms with Gasteiger partial charge in [-0.3, -0.25) is 14.7 Å². The minimum atomic E-state index is -0.0721. The zero-order valence-corrected chi connectivity index (χ0v) is 17.2. The third-order valence-corrected chi connectivity index (χ3v) is 7.15. The highest BCUT2D eigenvalue weighted by molar-refractivity contribution is 5.93. The molecule has 0 unspecified atom stereocenters. The molecule has 1 aliphatic carbocycles. The van der Waals surface area contributed by atoms with Crippen LogP contribution in [-0.2, 0) is 10.2 Å². The van der Waals surface area contributed by atoms with Crippen molar-refractivity contribution in [1.29, 1.82) is 0 Å². The Balaban J connectivity index is 1.69. The summed E-state index contributed by atoms with van der Waals surface area (Å²) in [5, 5.41) is 7.38. The van der Waals surface area contributed by atoms with Crippen LogP contribution in [0.1, 0.15) is 82.9 Å². The van der Waals surface area contributed by atoms with E-state index in [1.54, 1.807) is 6.92 Å². The number of hydrogen-bond donors (Lipinski definition) is 1. The largest absolute Gasteiger partial charge is 0.335 e. The van der Waals surface area contributed by atoms with E-state index in [1.165, 1.54) is 0 Å². The molecule has 1 saturated carbocycles. The molecule has 3 fully saturated rings. The molecule has 0 spiro atoms. The Morgan fingerprint density at radius 3 is 2.48 bits per heavy atom. The first-order valence-corrected chi connectivity index (χ1v) is 10.3. The van der Waals surface area contributed by atoms with E-state index < -0.39 is 0 Å². The predicted molar refractivity (Wildman–Crippen MR) is 103 cm³/mol. The fourth-order valence-electron chi connectivity index (χ4n) is 5.83. The number of hydrogen-bond acceptors (Lipinski definition) is 3. The average molecular weight is 373 g/mol. The molecule has 6 heteroatoms. The van der Waals surface area contributed by atoms with E-state index in [0.29, 0.717) is 12.2 Å². The van der Waals surface area contributed by atoms with E-state index >= 15 is 0 Å². The Labute approximate surface area is 161 Å². The first-order chi connectivity index (χ1) is 12.6. The normalized spacial score (nSPS) is 33.1. The number of aromatic amines is 1. The van der Waals surface area contributed by atoms with Gasteiger partial charge in [-0.15, -0.1) is 0 Å². The van der Waals surface area contributed by atoms with Gasteiger partial charge >= 0.3 is 0 Å². The molecule has 3 heterocycles. The summed E-state index contributed by atoms with van der Waals surface area (Å²) in [5.74, 6) is 0.159. The standard InChI is InChI=1S/C21H32N4O2/c1-13(26)25-14-11-21(5)17(8-6-7-9-18(21)25)24(12-14)19(27)15-10-16(23-22-15)20(2,3)4/h10,14,17-18H,6-9,11-12H2,1-5H3,(H,22,23)/t14-,17+,18-,21+/m0/s1. The molecule has 2 saturated heterocycles. The minimum absolute atomic E-state index is 0.00808. The zero-order valence-electron chi connectivity index (χ0n) is 17.2. The molecule has 1 aromatic heterocycles. The van der Waals surface area contributed by atoms with Crippen LogP contribution in [0.3, 0.4) is 0 Å². The van der Waals surface area contributed by atoms with Gasteiger partial charge in [0.25, 0.3) is 5.91 Å². The lowest BCUT2D eigenvalue weighted by atomic mass is 9.71. The van der Waals surface area contributed by atoms with Crippen LogP contribution in [0.5, 0.6) is 0 Å². The molecule has 4 atom stereocenters. The summed E-state index contributed by atoms with van der Waals surface area (Å²) < 4.78 is 0. The molecule has 1 aromatic rings. The highest BCUT2D eigenvalue weighted by Crippen LogP contribution is 2.53. The number of piperidine rings is 1. The van der Waals surface area contributed by atoms with Gasteiger partial charge in [0.2, 0.25) is 5.91 Å². The van der Waals surface area contributed by atoms with E-state index in [-0.39, 0.29) is 40.8 Å². The van der Waals surface area contributed by atoms with Crippen LogP contribution < -0.4 is 0 Å². The monoisotopic (exact) mass is 372 g/mol. The third-order valence-electron chi connectivity index (χ3n) is 7.15. The van der Waals surface area contributed by atoms with Gasteiger partial charge in [-0.2, -0.15) is 5.10 Å². The Morgan fingerprint density at radius 2 is 1.89 bits per heavy atom. The van der Waals surface area contributed by atoms with Crippen LogP contribution in [-0.4, -0.2) is 56.5 Å². The maximum absolute atomic E-state index is 13.4. The molecule has 1 N–H and O–H groups in total. The van der Waals surface area contributed by atoms with Crippen molar-refractivity contribution < 1.29 is 9.59 Å². The molecule has 148 valence electrons. The number of aromatic nitrogens is 2. The molecule has 6 nitrogen and oxygen atoms in total. The maximum atomic E-state index is 13.4. The maximum Gasteiger partial charge on any atom is 0.274 e. The number of likely N-dealkylation sites (tertiary alicyclic amines) is 2. The molecule has 2 amide bonds. The van der Waals surface area contributed by atoms with Crippen LogP contribution in [0.4, 0.5) is 0 Å². The van der Waals surface area contributed by atoms with Crippen LogP contribution >= 0.6 is 0 Å². The first kappa shape index (κ1) is 18.5. The van der Waals surface area contributed by atoms with Gasteiger partial charge in [-0.1, -0.05) is 40.5 Å². The summed E-state index contributed by atoms with van der Waals surface area (Å²) in [6.45, 7) is 10.9. The summed E-state index contributed by atoms with van der Waals surface area (Å²) in [4.78, 5) is 30.0. The SMILES string of the molecule is CC(=O)N1[C@@H]2CN(C(=O)c3cc(C(C)(C)C)[nH]n3)[C@@H]3CCCC[C@H]1[C@]3(C)C2. The van der Waals surface area contributed by atoms with E-state index in [1.807, 2.05) is 11.0 Å². The molecular formula is C21H32N4O2. The third kappa shape index (κ3) is 2.79. The van der Waals surface area contributed by atoms with Crippen molar-refractivity contribution in [3.8, 4) is 0 Å². The Morgan fingerprint density at radius 1 is 1.22 bits per heavy atom. The lowest BCUT2D eigenvalue weighted by molar-refractivity contribution is -0.132. The zero-order chi connectivity index (χ0) is 19.6. The van der Waals surface area contributed by atoms with Crippen molar-refractivity contribution in [1.82, 2.24) is 20.0 Å².